The van der Waals surface area contributed by atoms with E-state index in [1.165, 1.54) is 0 Å². The quantitative estimate of drug-likeness (QED) is 0.723. The SMILES string of the molecule is N#Cc1cccc(C(=O)N2CCC(n3cnc4ccccc43)CC2)c1. The zero-order valence-corrected chi connectivity index (χ0v) is 13.8. The van der Waals surface area contributed by atoms with Crippen LogP contribution in [0.4, 0.5) is 0 Å². The molecule has 1 amide bonds. The second-order valence-electron chi connectivity index (χ2n) is 6.36. The molecule has 0 saturated carbocycles. The molecule has 1 aromatic heterocycles. The molecule has 1 saturated heterocycles. The Morgan fingerprint density at radius 1 is 1.12 bits per heavy atom. The summed E-state index contributed by atoms with van der Waals surface area (Å²) in [7, 11) is 0. The van der Waals surface area contributed by atoms with Gasteiger partial charge in [-0.05, 0) is 43.2 Å². The summed E-state index contributed by atoms with van der Waals surface area (Å²) < 4.78 is 2.23. The van der Waals surface area contributed by atoms with Gasteiger partial charge in [0.05, 0.1) is 29.0 Å². The molecule has 4 rings (SSSR count). The number of carbonyl (C=O) groups is 1. The van der Waals surface area contributed by atoms with Crippen LogP contribution in [-0.2, 0) is 0 Å². The highest BCUT2D eigenvalue weighted by atomic mass is 16.2. The highest BCUT2D eigenvalue weighted by molar-refractivity contribution is 5.94. The summed E-state index contributed by atoms with van der Waals surface area (Å²) >= 11 is 0. The Kier molecular flexibility index (Phi) is 3.95. The molecule has 0 unspecified atom stereocenters. The smallest absolute Gasteiger partial charge is 0.253 e. The average Bonchev–Trinajstić information content (AvgIpc) is 3.12. The third-order valence-electron chi connectivity index (χ3n) is 4.86. The summed E-state index contributed by atoms with van der Waals surface area (Å²) in [6.45, 7) is 1.43. The van der Waals surface area contributed by atoms with E-state index in [0.29, 0.717) is 30.3 Å². The van der Waals surface area contributed by atoms with Gasteiger partial charge >= 0.3 is 0 Å². The number of piperidine rings is 1. The van der Waals surface area contributed by atoms with E-state index in [1.807, 2.05) is 29.4 Å². The van der Waals surface area contributed by atoms with E-state index in [0.717, 1.165) is 23.9 Å². The number of fused-ring (bicyclic) bond motifs is 1. The number of amides is 1. The molecule has 5 heteroatoms. The molecule has 1 fully saturated rings. The summed E-state index contributed by atoms with van der Waals surface area (Å²) in [4.78, 5) is 19.0. The second-order valence-corrected chi connectivity index (χ2v) is 6.36. The second kappa shape index (κ2) is 6.40. The van der Waals surface area contributed by atoms with Crippen molar-refractivity contribution < 1.29 is 4.79 Å². The van der Waals surface area contributed by atoms with E-state index in [2.05, 4.69) is 21.7 Å². The minimum atomic E-state index is 0.00559. The monoisotopic (exact) mass is 330 g/mol. The van der Waals surface area contributed by atoms with Crippen molar-refractivity contribution in [2.75, 3.05) is 13.1 Å². The number of nitrogens with zero attached hydrogens (tertiary/aromatic N) is 4. The van der Waals surface area contributed by atoms with Crippen LogP contribution in [0.2, 0.25) is 0 Å². The summed E-state index contributed by atoms with van der Waals surface area (Å²) in [5, 5.41) is 9.00. The normalized spacial score (nSPS) is 15.2. The van der Waals surface area contributed by atoms with Crippen molar-refractivity contribution in [3.63, 3.8) is 0 Å². The molecular formula is C20H18N4O. The molecule has 1 aliphatic rings. The first-order valence-corrected chi connectivity index (χ1v) is 8.47. The van der Waals surface area contributed by atoms with Gasteiger partial charge in [0.15, 0.2) is 0 Å². The zero-order chi connectivity index (χ0) is 17.2. The van der Waals surface area contributed by atoms with Gasteiger partial charge in [-0.15, -0.1) is 0 Å². The van der Waals surface area contributed by atoms with Gasteiger partial charge in [-0.25, -0.2) is 4.98 Å². The molecule has 0 N–H and O–H groups in total. The lowest BCUT2D eigenvalue weighted by atomic mass is 10.0. The minimum absolute atomic E-state index is 0.00559. The molecule has 0 atom stereocenters. The Morgan fingerprint density at radius 3 is 2.72 bits per heavy atom. The minimum Gasteiger partial charge on any atom is -0.338 e. The molecule has 2 aromatic carbocycles. The third-order valence-corrected chi connectivity index (χ3v) is 4.86. The fourth-order valence-electron chi connectivity index (χ4n) is 3.52. The Hall–Kier alpha value is -3.13. The van der Waals surface area contributed by atoms with Crippen molar-refractivity contribution in [3.05, 3.63) is 66.0 Å². The molecule has 3 aromatic rings. The molecule has 2 heterocycles. The first-order valence-electron chi connectivity index (χ1n) is 8.47. The fourth-order valence-corrected chi connectivity index (χ4v) is 3.52. The van der Waals surface area contributed by atoms with Gasteiger partial charge in [-0.2, -0.15) is 5.26 Å². The molecule has 1 aliphatic heterocycles. The van der Waals surface area contributed by atoms with Gasteiger partial charge in [0.2, 0.25) is 0 Å². The molecule has 0 radical (unpaired) electrons. The van der Waals surface area contributed by atoms with E-state index in [9.17, 15) is 4.79 Å². The largest absolute Gasteiger partial charge is 0.338 e. The molecule has 124 valence electrons. The van der Waals surface area contributed by atoms with Crippen LogP contribution in [0.15, 0.2) is 54.9 Å². The highest BCUT2D eigenvalue weighted by Gasteiger charge is 2.25. The number of benzene rings is 2. The number of imidazole rings is 1. The van der Waals surface area contributed by atoms with Gasteiger partial charge in [-0.3, -0.25) is 4.79 Å². The van der Waals surface area contributed by atoms with Crippen molar-refractivity contribution in [2.45, 2.75) is 18.9 Å². The lowest BCUT2D eigenvalue weighted by molar-refractivity contribution is 0.0696. The number of hydrogen-bond donors (Lipinski definition) is 0. The van der Waals surface area contributed by atoms with Crippen LogP contribution in [0.3, 0.4) is 0 Å². The predicted octanol–water partition coefficient (Wildman–Crippen LogP) is 3.39. The lowest BCUT2D eigenvalue weighted by Gasteiger charge is -2.33. The zero-order valence-electron chi connectivity index (χ0n) is 13.8. The summed E-state index contributed by atoms with van der Waals surface area (Å²) in [6.07, 6.45) is 3.72. The van der Waals surface area contributed by atoms with E-state index >= 15 is 0 Å². The summed E-state index contributed by atoms with van der Waals surface area (Å²) in [5.41, 5.74) is 3.26. The van der Waals surface area contributed by atoms with Crippen molar-refractivity contribution in [3.8, 4) is 6.07 Å². The number of likely N-dealkylation sites (tertiary alicyclic amines) is 1. The fraction of sp³-hybridized carbons (Fsp3) is 0.250. The molecule has 0 bridgehead atoms. The molecule has 25 heavy (non-hydrogen) atoms. The van der Waals surface area contributed by atoms with E-state index in [1.54, 1.807) is 24.3 Å². The van der Waals surface area contributed by atoms with Crippen LogP contribution in [0.25, 0.3) is 11.0 Å². The van der Waals surface area contributed by atoms with Crippen molar-refractivity contribution in [1.29, 1.82) is 5.26 Å². The Balaban J connectivity index is 1.48. The molecular weight excluding hydrogens is 312 g/mol. The topological polar surface area (TPSA) is 61.9 Å². The first-order chi connectivity index (χ1) is 12.3. The summed E-state index contributed by atoms with van der Waals surface area (Å²) in [6, 6.07) is 17.5. The van der Waals surface area contributed by atoms with Crippen LogP contribution in [0.1, 0.15) is 34.8 Å². The van der Waals surface area contributed by atoms with Crippen LogP contribution in [-0.4, -0.2) is 33.4 Å². The van der Waals surface area contributed by atoms with Crippen molar-refractivity contribution in [1.82, 2.24) is 14.5 Å². The molecule has 0 spiro atoms. The maximum atomic E-state index is 12.7. The lowest BCUT2D eigenvalue weighted by Crippen LogP contribution is -2.39. The van der Waals surface area contributed by atoms with Gasteiger partial charge < -0.3 is 9.47 Å². The number of hydrogen-bond acceptors (Lipinski definition) is 3. The van der Waals surface area contributed by atoms with Gasteiger partial charge in [0, 0.05) is 24.7 Å². The molecule has 5 nitrogen and oxygen atoms in total. The Morgan fingerprint density at radius 2 is 1.92 bits per heavy atom. The van der Waals surface area contributed by atoms with Gasteiger partial charge in [0.25, 0.3) is 5.91 Å². The number of rotatable bonds is 2. The van der Waals surface area contributed by atoms with Crippen molar-refractivity contribution >= 4 is 16.9 Å². The maximum absolute atomic E-state index is 12.7. The van der Waals surface area contributed by atoms with Crippen LogP contribution >= 0.6 is 0 Å². The third kappa shape index (κ3) is 2.87. The highest BCUT2D eigenvalue weighted by Crippen LogP contribution is 2.27. The van der Waals surface area contributed by atoms with Crippen LogP contribution < -0.4 is 0 Å². The number of carbonyl (C=O) groups excluding carboxylic acids is 1. The van der Waals surface area contributed by atoms with Crippen molar-refractivity contribution in [2.24, 2.45) is 0 Å². The van der Waals surface area contributed by atoms with Crippen LogP contribution in [0.5, 0.6) is 0 Å². The Bertz CT molecular complexity index is 961. The predicted molar refractivity (Wildman–Crippen MR) is 95.1 cm³/mol. The standard InChI is InChI=1S/C20H18N4O/c21-13-15-4-3-5-16(12-15)20(25)23-10-8-17(9-11-23)24-14-22-18-6-1-2-7-19(18)24/h1-7,12,14,17H,8-11H2. The van der Waals surface area contributed by atoms with Crippen LogP contribution in [0, 0.1) is 11.3 Å². The maximum Gasteiger partial charge on any atom is 0.253 e. The number of aromatic nitrogens is 2. The van der Waals surface area contributed by atoms with Gasteiger partial charge in [0.1, 0.15) is 0 Å². The van der Waals surface area contributed by atoms with E-state index < -0.39 is 0 Å². The Labute approximate surface area is 146 Å². The average molecular weight is 330 g/mol. The summed E-state index contributed by atoms with van der Waals surface area (Å²) in [5.74, 6) is 0.00559. The number of para-hydroxylation sites is 2. The van der Waals surface area contributed by atoms with Gasteiger partial charge in [-0.1, -0.05) is 18.2 Å². The van der Waals surface area contributed by atoms with E-state index in [4.69, 9.17) is 5.26 Å². The molecule has 0 aliphatic carbocycles. The van der Waals surface area contributed by atoms with E-state index in [-0.39, 0.29) is 5.91 Å². The first kappa shape index (κ1) is 15.4. The number of nitriles is 1.